The Balaban J connectivity index is 2.11. The van der Waals surface area contributed by atoms with Crippen molar-refractivity contribution in [1.29, 1.82) is 0 Å². The highest BCUT2D eigenvalue weighted by Gasteiger charge is 2.40. The summed E-state index contributed by atoms with van der Waals surface area (Å²) in [5.74, 6) is 0.320. The molecule has 0 saturated heterocycles. The average Bonchev–Trinajstić information content (AvgIpc) is 2.43. The van der Waals surface area contributed by atoms with Crippen LogP contribution in [-0.2, 0) is 11.2 Å². The second-order valence-electron chi connectivity index (χ2n) is 5.91. The smallest absolute Gasteiger partial charge is 0.124 e. The van der Waals surface area contributed by atoms with Gasteiger partial charge in [0.1, 0.15) is 5.82 Å². The van der Waals surface area contributed by atoms with Gasteiger partial charge in [0, 0.05) is 18.6 Å². The Hall–Kier alpha value is -0.640. The van der Waals surface area contributed by atoms with Gasteiger partial charge in [-0.05, 0) is 49.3 Å². The van der Waals surface area contributed by atoms with Crippen LogP contribution >= 0.6 is 11.6 Å². The number of methoxy groups -OCH3 is 1. The molecule has 1 N–H and O–H groups in total. The van der Waals surface area contributed by atoms with Crippen molar-refractivity contribution in [2.45, 2.75) is 50.7 Å². The highest BCUT2D eigenvalue weighted by molar-refractivity contribution is 6.31. The zero-order valence-corrected chi connectivity index (χ0v) is 12.8. The van der Waals surface area contributed by atoms with Crippen LogP contribution < -0.4 is 0 Å². The van der Waals surface area contributed by atoms with Crippen molar-refractivity contribution >= 4 is 11.6 Å². The first kappa shape index (κ1) is 15.7. The van der Waals surface area contributed by atoms with Crippen LogP contribution in [0.5, 0.6) is 0 Å². The summed E-state index contributed by atoms with van der Waals surface area (Å²) >= 11 is 6.03. The fourth-order valence-electron chi connectivity index (χ4n) is 3.01. The number of hydrogen-bond donors (Lipinski definition) is 1. The summed E-state index contributed by atoms with van der Waals surface area (Å²) in [7, 11) is 1.66. The predicted octanol–water partition coefficient (Wildman–Crippen LogP) is 3.98. The van der Waals surface area contributed by atoms with E-state index < -0.39 is 11.7 Å². The molecule has 0 spiro atoms. The molecule has 0 heterocycles. The molecule has 20 heavy (non-hydrogen) atoms. The highest BCUT2D eigenvalue weighted by atomic mass is 35.5. The Morgan fingerprint density at radius 3 is 2.65 bits per heavy atom. The van der Waals surface area contributed by atoms with Gasteiger partial charge in [-0.3, -0.25) is 0 Å². The Bertz CT molecular complexity index is 456. The van der Waals surface area contributed by atoms with Gasteiger partial charge in [-0.25, -0.2) is 4.39 Å². The van der Waals surface area contributed by atoms with E-state index in [4.69, 9.17) is 16.3 Å². The third-order valence-electron chi connectivity index (χ3n) is 4.56. The molecule has 1 aromatic rings. The molecular weight excluding hydrogens is 279 g/mol. The van der Waals surface area contributed by atoms with Crippen LogP contribution in [0.15, 0.2) is 18.2 Å². The minimum atomic E-state index is -0.622. The number of ether oxygens (including phenoxy) is 1. The van der Waals surface area contributed by atoms with Crippen LogP contribution in [0, 0.1) is 11.7 Å². The van der Waals surface area contributed by atoms with E-state index in [2.05, 4.69) is 6.92 Å². The van der Waals surface area contributed by atoms with Crippen LogP contribution in [0.2, 0.25) is 5.02 Å². The summed E-state index contributed by atoms with van der Waals surface area (Å²) in [5, 5.41) is 10.9. The first-order chi connectivity index (χ1) is 9.47. The van der Waals surface area contributed by atoms with Crippen molar-refractivity contribution in [3.8, 4) is 0 Å². The molecular formula is C16H22ClFO2. The molecule has 1 fully saturated rings. The van der Waals surface area contributed by atoms with Gasteiger partial charge < -0.3 is 9.84 Å². The summed E-state index contributed by atoms with van der Waals surface area (Å²) in [6, 6.07) is 4.29. The van der Waals surface area contributed by atoms with Gasteiger partial charge in [0.05, 0.1) is 11.7 Å². The molecule has 1 aliphatic rings. The Morgan fingerprint density at radius 1 is 1.45 bits per heavy atom. The van der Waals surface area contributed by atoms with E-state index in [9.17, 15) is 9.50 Å². The molecule has 0 radical (unpaired) electrons. The van der Waals surface area contributed by atoms with Gasteiger partial charge in [-0.2, -0.15) is 0 Å². The molecule has 0 aliphatic heterocycles. The van der Waals surface area contributed by atoms with E-state index in [0.717, 1.165) is 31.2 Å². The fourth-order valence-corrected chi connectivity index (χ4v) is 3.25. The molecule has 0 bridgehead atoms. The van der Waals surface area contributed by atoms with Crippen LogP contribution in [0.4, 0.5) is 4.39 Å². The second kappa shape index (κ2) is 6.42. The minimum Gasteiger partial charge on any atom is -0.390 e. The van der Waals surface area contributed by atoms with Gasteiger partial charge >= 0.3 is 0 Å². The van der Waals surface area contributed by atoms with Crippen LogP contribution in [-0.4, -0.2) is 23.9 Å². The number of aliphatic hydroxyl groups is 1. The van der Waals surface area contributed by atoms with Crippen molar-refractivity contribution in [1.82, 2.24) is 0 Å². The normalized spacial score (nSPS) is 28.4. The third-order valence-corrected chi connectivity index (χ3v) is 4.91. The lowest BCUT2D eigenvalue weighted by Gasteiger charge is -2.41. The van der Waals surface area contributed by atoms with Crippen molar-refractivity contribution < 1.29 is 14.2 Å². The minimum absolute atomic E-state index is 0.360. The molecule has 1 atom stereocenters. The zero-order chi connectivity index (χ0) is 14.8. The maximum absolute atomic E-state index is 13.1. The van der Waals surface area contributed by atoms with E-state index in [0.29, 0.717) is 17.4 Å². The van der Waals surface area contributed by atoms with Gasteiger partial charge in [0.15, 0.2) is 0 Å². The lowest BCUT2D eigenvalue weighted by Crippen LogP contribution is -2.47. The van der Waals surface area contributed by atoms with Gasteiger partial charge in [0.25, 0.3) is 0 Å². The summed E-state index contributed by atoms with van der Waals surface area (Å²) in [4.78, 5) is 0. The molecule has 112 valence electrons. The quantitative estimate of drug-likeness (QED) is 0.911. The van der Waals surface area contributed by atoms with Gasteiger partial charge in [-0.1, -0.05) is 24.6 Å². The first-order valence-corrected chi connectivity index (χ1v) is 7.52. The lowest BCUT2D eigenvalue weighted by molar-refractivity contribution is -0.127. The molecule has 1 aromatic carbocycles. The number of halogens is 2. The third kappa shape index (κ3) is 3.33. The van der Waals surface area contributed by atoms with Gasteiger partial charge in [-0.15, -0.1) is 0 Å². The summed E-state index contributed by atoms with van der Waals surface area (Å²) in [6.45, 7) is 2.23. The van der Waals surface area contributed by atoms with Crippen LogP contribution in [0.3, 0.4) is 0 Å². The van der Waals surface area contributed by atoms with Crippen molar-refractivity contribution in [3.05, 3.63) is 34.6 Å². The summed E-state index contributed by atoms with van der Waals surface area (Å²) < 4.78 is 18.7. The largest absolute Gasteiger partial charge is 0.390 e. The maximum atomic E-state index is 13.1. The topological polar surface area (TPSA) is 29.5 Å². The molecule has 2 rings (SSSR count). The molecule has 2 nitrogen and oxygen atoms in total. The van der Waals surface area contributed by atoms with Crippen LogP contribution in [0.1, 0.15) is 38.2 Å². The average molecular weight is 301 g/mol. The van der Waals surface area contributed by atoms with Gasteiger partial charge in [0.2, 0.25) is 0 Å². The standard InChI is InChI=1S/C16H22ClFO2/c1-11-5-7-16(20-2,8-6-11)15(19)9-12-3-4-13(18)10-14(12)17/h3-4,10-11,15,19H,5-9H2,1-2H3. The molecule has 0 amide bonds. The first-order valence-electron chi connectivity index (χ1n) is 7.14. The lowest BCUT2D eigenvalue weighted by atomic mass is 9.75. The predicted molar refractivity (Wildman–Crippen MR) is 78.5 cm³/mol. The SMILES string of the molecule is COC1(C(O)Cc2ccc(F)cc2Cl)CCC(C)CC1. The Morgan fingerprint density at radius 2 is 2.10 bits per heavy atom. The van der Waals surface area contributed by atoms with Crippen molar-refractivity contribution in [2.24, 2.45) is 5.92 Å². The number of hydrogen-bond acceptors (Lipinski definition) is 2. The van der Waals surface area contributed by atoms with Crippen molar-refractivity contribution in [3.63, 3.8) is 0 Å². The molecule has 0 aromatic heterocycles. The van der Waals surface area contributed by atoms with E-state index in [1.807, 2.05) is 0 Å². The number of benzene rings is 1. The van der Waals surface area contributed by atoms with Crippen LogP contribution in [0.25, 0.3) is 0 Å². The molecule has 1 aliphatic carbocycles. The Kier molecular flexibility index (Phi) is 5.05. The van der Waals surface area contributed by atoms with Crippen molar-refractivity contribution in [2.75, 3.05) is 7.11 Å². The zero-order valence-electron chi connectivity index (χ0n) is 12.0. The second-order valence-corrected chi connectivity index (χ2v) is 6.31. The molecule has 4 heteroatoms. The monoisotopic (exact) mass is 300 g/mol. The molecule has 1 saturated carbocycles. The number of aliphatic hydroxyl groups excluding tert-OH is 1. The fraction of sp³-hybridized carbons (Fsp3) is 0.625. The summed E-state index contributed by atoms with van der Waals surface area (Å²) in [6.07, 6.45) is 3.59. The van der Waals surface area contributed by atoms with E-state index in [1.165, 1.54) is 12.1 Å². The van der Waals surface area contributed by atoms with E-state index >= 15 is 0 Å². The maximum Gasteiger partial charge on any atom is 0.124 e. The number of rotatable bonds is 4. The van der Waals surface area contributed by atoms with E-state index in [-0.39, 0.29) is 5.82 Å². The Labute approximate surface area is 124 Å². The highest BCUT2D eigenvalue weighted by Crippen LogP contribution is 2.38. The summed E-state index contributed by atoms with van der Waals surface area (Å²) in [5.41, 5.74) is 0.264. The molecule has 1 unspecified atom stereocenters. The van der Waals surface area contributed by atoms with E-state index in [1.54, 1.807) is 13.2 Å².